The lowest BCUT2D eigenvalue weighted by Gasteiger charge is -2.19. The minimum atomic E-state index is -0.133. The van der Waals surface area contributed by atoms with Crippen LogP contribution in [-0.2, 0) is 16.0 Å². The van der Waals surface area contributed by atoms with E-state index in [1.54, 1.807) is 4.90 Å². The van der Waals surface area contributed by atoms with E-state index in [0.29, 0.717) is 0 Å². The fourth-order valence-electron chi connectivity index (χ4n) is 2.06. The van der Waals surface area contributed by atoms with Crippen molar-refractivity contribution in [1.82, 2.24) is 4.90 Å². The maximum atomic E-state index is 11.9. The highest BCUT2D eigenvalue weighted by Crippen LogP contribution is 2.26. The van der Waals surface area contributed by atoms with Gasteiger partial charge in [-0.1, -0.05) is 19.1 Å². The Labute approximate surface area is 113 Å². The van der Waals surface area contributed by atoms with Gasteiger partial charge in [0.2, 0.25) is 11.8 Å². The number of hydrogen-bond donors (Lipinski definition) is 1. The van der Waals surface area contributed by atoms with Gasteiger partial charge >= 0.3 is 0 Å². The number of nitrogens with zero attached hydrogens (tertiary/aromatic N) is 1. The van der Waals surface area contributed by atoms with Gasteiger partial charge in [0.25, 0.3) is 0 Å². The highest BCUT2D eigenvalue weighted by Gasteiger charge is 2.31. The first kappa shape index (κ1) is 13.6. The lowest BCUT2D eigenvalue weighted by Crippen LogP contribution is -2.38. The number of amides is 2. The van der Waals surface area contributed by atoms with Gasteiger partial charge < -0.3 is 10.2 Å². The summed E-state index contributed by atoms with van der Waals surface area (Å²) < 4.78 is 0. The third-order valence-electron chi connectivity index (χ3n) is 3.35. The average molecular weight is 260 g/mol. The Morgan fingerprint density at radius 1 is 1.26 bits per heavy atom. The molecule has 0 atom stereocenters. The highest BCUT2D eigenvalue weighted by atomic mass is 16.2. The maximum absolute atomic E-state index is 11.9. The molecule has 0 spiro atoms. The Hall–Kier alpha value is -1.84. The number of carbonyl (C=O) groups excluding carboxylic acids is 2. The Kier molecular flexibility index (Phi) is 4.20. The second-order valence-corrected chi connectivity index (χ2v) is 4.98. The van der Waals surface area contributed by atoms with Crippen molar-refractivity contribution in [2.45, 2.75) is 39.2 Å². The van der Waals surface area contributed by atoms with E-state index in [-0.39, 0.29) is 24.4 Å². The van der Waals surface area contributed by atoms with E-state index >= 15 is 0 Å². The fourth-order valence-corrected chi connectivity index (χ4v) is 2.06. The van der Waals surface area contributed by atoms with Crippen LogP contribution in [0.15, 0.2) is 24.3 Å². The number of hydrogen-bond acceptors (Lipinski definition) is 2. The predicted molar refractivity (Wildman–Crippen MR) is 74.9 cm³/mol. The molecule has 1 aliphatic carbocycles. The molecule has 0 aromatic heterocycles. The van der Waals surface area contributed by atoms with Gasteiger partial charge in [0.1, 0.15) is 6.54 Å². The summed E-state index contributed by atoms with van der Waals surface area (Å²) in [5.41, 5.74) is 2.02. The Morgan fingerprint density at radius 2 is 1.89 bits per heavy atom. The Morgan fingerprint density at radius 3 is 2.37 bits per heavy atom. The molecule has 1 aliphatic rings. The maximum Gasteiger partial charge on any atom is 0.244 e. The third-order valence-corrected chi connectivity index (χ3v) is 3.35. The summed E-state index contributed by atoms with van der Waals surface area (Å²) in [5, 5.41) is 2.83. The lowest BCUT2D eigenvalue weighted by atomic mass is 10.1. The number of benzene rings is 1. The van der Waals surface area contributed by atoms with Crippen molar-refractivity contribution in [2.75, 3.05) is 11.9 Å². The molecule has 0 heterocycles. The molecule has 1 N–H and O–H groups in total. The van der Waals surface area contributed by atoms with E-state index in [0.717, 1.165) is 24.9 Å². The predicted octanol–water partition coefficient (Wildman–Crippen LogP) is 2.20. The van der Waals surface area contributed by atoms with E-state index in [1.165, 1.54) is 12.5 Å². The molecule has 1 saturated carbocycles. The summed E-state index contributed by atoms with van der Waals surface area (Å²) in [6.45, 7) is 3.76. The summed E-state index contributed by atoms with van der Waals surface area (Å²) in [4.78, 5) is 25.0. The molecule has 2 rings (SSSR count). The zero-order valence-electron chi connectivity index (χ0n) is 11.5. The second kappa shape index (κ2) is 5.87. The summed E-state index contributed by atoms with van der Waals surface area (Å²) >= 11 is 0. The van der Waals surface area contributed by atoms with Crippen LogP contribution in [0.2, 0.25) is 0 Å². The molecule has 2 amide bonds. The van der Waals surface area contributed by atoms with E-state index in [4.69, 9.17) is 0 Å². The van der Waals surface area contributed by atoms with Gasteiger partial charge in [-0.2, -0.15) is 0 Å². The lowest BCUT2D eigenvalue weighted by molar-refractivity contribution is -0.133. The number of nitrogens with one attached hydrogen (secondary N) is 1. The molecule has 0 aliphatic heterocycles. The van der Waals surface area contributed by atoms with E-state index < -0.39 is 0 Å². The van der Waals surface area contributed by atoms with Crippen molar-refractivity contribution in [3.05, 3.63) is 29.8 Å². The molecule has 0 unspecified atom stereocenters. The zero-order valence-corrected chi connectivity index (χ0v) is 11.5. The molecule has 1 aromatic rings. The minimum absolute atomic E-state index is 0.0287. The van der Waals surface area contributed by atoms with Crippen molar-refractivity contribution in [1.29, 1.82) is 0 Å². The van der Waals surface area contributed by atoms with E-state index in [1.807, 2.05) is 24.3 Å². The number of anilines is 1. The SMILES string of the molecule is CCc1ccc(NC(=O)CN(C(C)=O)C2CC2)cc1. The zero-order chi connectivity index (χ0) is 13.8. The van der Waals surface area contributed by atoms with Crippen LogP contribution in [0.4, 0.5) is 5.69 Å². The van der Waals surface area contributed by atoms with Gasteiger partial charge in [-0.25, -0.2) is 0 Å². The van der Waals surface area contributed by atoms with Crippen molar-refractivity contribution in [2.24, 2.45) is 0 Å². The molecule has 4 heteroatoms. The number of aryl methyl sites for hydroxylation is 1. The first-order valence-corrected chi connectivity index (χ1v) is 6.76. The van der Waals surface area contributed by atoms with Crippen LogP contribution in [0.5, 0.6) is 0 Å². The van der Waals surface area contributed by atoms with Crippen molar-refractivity contribution < 1.29 is 9.59 Å². The molecule has 102 valence electrons. The number of rotatable bonds is 5. The van der Waals surface area contributed by atoms with Crippen molar-refractivity contribution in [3.8, 4) is 0 Å². The molecular weight excluding hydrogens is 240 g/mol. The van der Waals surface area contributed by atoms with Crippen LogP contribution in [-0.4, -0.2) is 29.3 Å². The molecule has 1 aromatic carbocycles. The van der Waals surface area contributed by atoms with E-state index in [9.17, 15) is 9.59 Å². The summed E-state index contributed by atoms with van der Waals surface area (Å²) in [6, 6.07) is 8.06. The second-order valence-electron chi connectivity index (χ2n) is 4.98. The van der Waals surface area contributed by atoms with Gasteiger partial charge in [0.15, 0.2) is 0 Å². The van der Waals surface area contributed by atoms with Crippen LogP contribution >= 0.6 is 0 Å². The largest absolute Gasteiger partial charge is 0.331 e. The number of carbonyl (C=O) groups is 2. The van der Waals surface area contributed by atoms with Gasteiger partial charge in [-0.05, 0) is 37.0 Å². The normalized spacial score (nSPS) is 14.0. The Balaban J connectivity index is 1.90. The average Bonchev–Trinajstić information content (AvgIpc) is 3.21. The molecular formula is C15H20N2O2. The highest BCUT2D eigenvalue weighted by molar-refractivity contribution is 5.94. The minimum Gasteiger partial charge on any atom is -0.331 e. The summed E-state index contributed by atoms with van der Waals surface area (Å²) in [6.07, 6.45) is 3.00. The van der Waals surface area contributed by atoms with Gasteiger partial charge in [-0.15, -0.1) is 0 Å². The fraction of sp³-hybridized carbons (Fsp3) is 0.467. The summed E-state index contributed by atoms with van der Waals surface area (Å²) in [5.74, 6) is -0.162. The summed E-state index contributed by atoms with van der Waals surface area (Å²) in [7, 11) is 0. The molecule has 4 nitrogen and oxygen atoms in total. The van der Waals surface area contributed by atoms with Gasteiger partial charge in [-0.3, -0.25) is 9.59 Å². The van der Waals surface area contributed by atoms with E-state index in [2.05, 4.69) is 12.2 Å². The van der Waals surface area contributed by atoms with Crippen LogP contribution in [0.25, 0.3) is 0 Å². The first-order chi connectivity index (χ1) is 9.10. The molecule has 19 heavy (non-hydrogen) atoms. The molecule has 0 saturated heterocycles. The molecule has 0 bridgehead atoms. The van der Waals surface area contributed by atoms with Crippen LogP contribution < -0.4 is 5.32 Å². The van der Waals surface area contributed by atoms with Gasteiger partial charge in [0, 0.05) is 18.7 Å². The topological polar surface area (TPSA) is 49.4 Å². The standard InChI is InChI=1S/C15H20N2O2/c1-3-12-4-6-13(7-5-12)16-15(19)10-17(11(2)18)14-8-9-14/h4-7,14H,3,8-10H2,1-2H3,(H,16,19). The first-order valence-electron chi connectivity index (χ1n) is 6.76. The van der Waals surface area contributed by atoms with Crippen molar-refractivity contribution in [3.63, 3.8) is 0 Å². The monoisotopic (exact) mass is 260 g/mol. The van der Waals surface area contributed by atoms with Gasteiger partial charge in [0.05, 0.1) is 0 Å². The van der Waals surface area contributed by atoms with Crippen LogP contribution in [0.3, 0.4) is 0 Å². The van der Waals surface area contributed by atoms with Crippen LogP contribution in [0.1, 0.15) is 32.3 Å². The molecule has 1 fully saturated rings. The molecule has 0 radical (unpaired) electrons. The van der Waals surface area contributed by atoms with Crippen LogP contribution in [0, 0.1) is 0 Å². The Bertz CT molecular complexity index is 464. The smallest absolute Gasteiger partial charge is 0.244 e. The third kappa shape index (κ3) is 3.81. The quantitative estimate of drug-likeness (QED) is 0.882. The van der Waals surface area contributed by atoms with Crippen molar-refractivity contribution >= 4 is 17.5 Å².